The minimum Gasteiger partial charge on any atom is -0.310 e. The molecule has 1 nitrogen and oxygen atoms in total. The van der Waals surface area contributed by atoms with Crippen LogP contribution in [0.2, 0.25) is 0 Å². The first-order valence-electron chi connectivity index (χ1n) is 22.2. The van der Waals surface area contributed by atoms with Crippen LogP contribution in [0.1, 0.15) is 71.2 Å². The third-order valence-corrected chi connectivity index (χ3v) is 14.9. The van der Waals surface area contributed by atoms with Crippen molar-refractivity contribution in [3.8, 4) is 55.6 Å². The van der Waals surface area contributed by atoms with E-state index in [0.717, 1.165) is 23.5 Å². The third-order valence-electron chi connectivity index (χ3n) is 14.9. The monoisotopic (exact) mass is 791 g/mol. The lowest BCUT2D eigenvalue weighted by Crippen LogP contribution is -2.25. The molecule has 0 amide bonds. The minimum atomic E-state index is -0.381. The normalized spacial score (nSPS) is 16.0. The van der Waals surface area contributed by atoms with E-state index in [9.17, 15) is 0 Å². The second-order valence-corrected chi connectivity index (χ2v) is 18.4. The van der Waals surface area contributed by atoms with Crippen molar-refractivity contribution in [1.82, 2.24) is 0 Å². The zero-order valence-corrected chi connectivity index (χ0v) is 35.3. The Morgan fingerprint density at radius 2 is 0.855 bits per heavy atom. The Balaban J connectivity index is 1.03. The number of fused-ring (bicyclic) bond motifs is 16. The lowest BCUT2D eigenvalue weighted by atomic mass is 9.70. The zero-order chi connectivity index (χ0) is 41.3. The van der Waals surface area contributed by atoms with Gasteiger partial charge >= 0.3 is 0 Å². The van der Waals surface area contributed by atoms with Crippen LogP contribution in [0.4, 0.5) is 17.1 Å². The van der Waals surface area contributed by atoms with Gasteiger partial charge in [-0.3, -0.25) is 0 Å². The number of hydrogen-bond donors (Lipinski definition) is 0. The molecule has 0 radical (unpaired) electrons. The summed E-state index contributed by atoms with van der Waals surface area (Å²) in [4.78, 5) is 2.52. The molecule has 1 spiro atoms. The fourth-order valence-corrected chi connectivity index (χ4v) is 12.3. The fourth-order valence-electron chi connectivity index (χ4n) is 12.3. The summed E-state index contributed by atoms with van der Waals surface area (Å²) in [6.45, 7) is 7.16. The van der Waals surface area contributed by atoms with Crippen molar-refractivity contribution in [2.75, 3.05) is 4.90 Å². The van der Waals surface area contributed by atoms with E-state index >= 15 is 0 Å². The summed E-state index contributed by atoms with van der Waals surface area (Å²) in [7, 11) is 0. The van der Waals surface area contributed by atoms with Crippen molar-refractivity contribution >= 4 is 17.1 Å². The largest absolute Gasteiger partial charge is 0.310 e. The van der Waals surface area contributed by atoms with E-state index in [0.29, 0.717) is 5.92 Å². The molecule has 0 saturated heterocycles. The summed E-state index contributed by atoms with van der Waals surface area (Å²) in [5.74, 6) is 0.409. The SMILES string of the molecule is CC1Cc2ccccc2-c2cccc(-c3cccc(N(c4ccc5c(c4)-c4ccccc4C54c5ccccc5-c5ccccc54)c4ccc5c(c4)C(C)(C)c4ccccc4-5)c3)c21. The molecular weight excluding hydrogens is 747 g/mol. The predicted octanol–water partition coefficient (Wildman–Crippen LogP) is 15.8. The van der Waals surface area contributed by atoms with Crippen molar-refractivity contribution in [1.29, 1.82) is 0 Å². The summed E-state index contributed by atoms with van der Waals surface area (Å²) < 4.78 is 0. The Morgan fingerprint density at radius 3 is 1.56 bits per heavy atom. The molecule has 9 aromatic carbocycles. The van der Waals surface area contributed by atoms with Gasteiger partial charge in [-0.15, -0.1) is 0 Å². The maximum atomic E-state index is 2.52. The highest BCUT2D eigenvalue weighted by Crippen LogP contribution is 2.63. The average Bonchev–Trinajstić information content (AvgIpc) is 3.87. The fraction of sp³-hybridized carbons (Fsp3) is 0.115. The standard InChI is InChI=1S/C61H45N/c1-38-34-39-16-4-5-19-44(39)51-25-15-24-45(59(38)51)40-17-14-18-41(35-40)62(43-30-32-50-46-20-6-10-26-53(46)60(2,3)58(50)37-43)42-31-33-57-52(36-42)49-23-9-13-29-56(49)61(57)54-27-11-7-21-47(54)48-22-8-12-28-55(48)61/h4-33,35-38H,34H2,1-3H3. The van der Waals surface area contributed by atoms with Crippen molar-refractivity contribution < 1.29 is 0 Å². The van der Waals surface area contributed by atoms with Crippen molar-refractivity contribution in [2.45, 2.75) is 43.9 Å². The summed E-state index contributed by atoms with van der Waals surface area (Å²) in [6.07, 6.45) is 1.05. The molecule has 0 saturated carbocycles. The first kappa shape index (κ1) is 35.5. The van der Waals surface area contributed by atoms with E-state index < -0.39 is 0 Å². The second-order valence-electron chi connectivity index (χ2n) is 18.4. The highest BCUT2D eigenvalue weighted by molar-refractivity contribution is 5.97. The summed E-state index contributed by atoms with van der Waals surface area (Å²) in [6, 6.07) is 75.9. The van der Waals surface area contributed by atoms with Crippen LogP contribution in [0.25, 0.3) is 55.6 Å². The zero-order valence-electron chi connectivity index (χ0n) is 35.3. The van der Waals surface area contributed by atoms with Crippen molar-refractivity contribution in [2.24, 2.45) is 0 Å². The Hall–Kier alpha value is -7.22. The van der Waals surface area contributed by atoms with Gasteiger partial charge in [-0.25, -0.2) is 0 Å². The van der Waals surface area contributed by atoms with Gasteiger partial charge in [0.15, 0.2) is 0 Å². The molecule has 4 aliphatic rings. The Labute approximate surface area is 364 Å². The maximum absolute atomic E-state index is 2.52. The summed E-state index contributed by atoms with van der Waals surface area (Å²) in [5.41, 5.74) is 27.3. The number of rotatable bonds is 4. The third kappa shape index (κ3) is 4.69. The average molecular weight is 792 g/mol. The van der Waals surface area contributed by atoms with Gasteiger partial charge in [0.2, 0.25) is 0 Å². The smallest absolute Gasteiger partial charge is 0.0725 e. The van der Waals surface area contributed by atoms with Gasteiger partial charge in [-0.2, -0.15) is 0 Å². The van der Waals surface area contributed by atoms with E-state index in [-0.39, 0.29) is 10.8 Å². The number of benzene rings is 9. The first-order valence-corrected chi connectivity index (χ1v) is 22.2. The minimum absolute atomic E-state index is 0.127. The Bertz CT molecular complexity index is 3300. The number of nitrogens with zero attached hydrogens (tertiary/aromatic N) is 1. The van der Waals surface area contributed by atoms with Crippen molar-refractivity contribution in [3.05, 3.63) is 245 Å². The van der Waals surface area contributed by atoms with Gasteiger partial charge in [-0.1, -0.05) is 185 Å². The molecule has 0 fully saturated rings. The molecule has 294 valence electrons. The molecule has 62 heavy (non-hydrogen) atoms. The molecule has 0 aromatic heterocycles. The number of hydrogen-bond acceptors (Lipinski definition) is 1. The quantitative estimate of drug-likeness (QED) is 0.172. The van der Waals surface area contributed by atoms with Gasteiger partial charge in [0.25, 0.3) is 0 Å². The lowest BCUT2D eigenvalue weighted by molar-refractivity contribution is 0.660. The van der Waals surface area contributed by atoms with Gasteiger partial charge < -0.3 is 4.90 Å². The summed E-state index contributed by atoms with van der Waals surface area (Å²) in [5, 5.41) is 0. The van der Waals surface area contributed by atoms with E-state index in [4.69, 9.17) is 0 Å². The van der Waals surface area contributed by atoms with Crippen LogP contribution in [-0.2, 0) is 17.3 Å². The summed E-state index contributed by atoms with van der Waals surface area (Å²) >= 11 is 0. The molecular formula is C61H45N. The van der Waals surface area contributed by atoms with E-state index in [1.54, 1.807) is 0 Å². The van der Waals surface area contributed by atoms with E-state index in [1.807, 2.05) is 0 Å². The highest BCUT2D eigenvalue weighted by atomic mass is 15.1. The Kier molecular flexibility index (Phi) is 7.39. The maximum Gasteiger partial charge on any atom is 0.0725 e. The topological polar surface area (TPSA) is 3.24 Å². The molecule has 0 heterocycles. The molecule has 1 atom stereocenters. The second kappa shape index (κ2) is 12.9. The van der Waals surface area contributed by atoms with Gasteiger partial charge in [0.1, 0.15) is 0 Å². The molecule has 1 unspecified atom stereocenters. The predicted molar refractivity (Wildman–Crippen MR) is 258 cm³/mol. The number of anilines is 3. The van der Waals surface area contributed by atoms with Crippen molar-refractivity contribution in [3.63, 3.8) is 0 Å². The van der Waals surface area contributed by atoms with Gasteiger partial charge in [-0.05, 0) is 149 Å². The van der Waals surface area contributed by atoms with Crippen LogP contribution in [0.3, 0.4) is 0 Å². The van der Waals surface area contributed by atoms with Crippen LogP contribution in [0.5, 0.6) is 0 Å². The highest BCUT2D eigenvalue weighted by Gasteiger charge is 2.51. The van der Waals surface area contributed by atoms with Gasteiger partial charge in [0.05, 0.1) is 5.41 Å². The molecule has 1 heteroatoms. The van der Waals surface area contributed by atoms with Gasteiger partial charge in [0, 0.05) is 22.5 Å². The molecule has 4 aliphatic carbocycles. The molecule has 0 bridgehead atoms. The lowest BCUT2D eigenvalue weighted by Gasteiger charge is -2.32. The molecule has 9 aromatic rings. The first-order chi connectivity index (χ1) is 30.4. The van der Waals surface area contributed by atoms with Crippen LogP contribution in [0.15, 0.2) is 200 Å². The van der Waals surface area contributed by atoms with Crippen LogP contribution in [0, 0.1) is 0 Å². The van der Waals surface area contributed by atoms with E-state index in [1.165, 1.54) is 100 Å². The Morgan fingerprint density at radius 1 is 0.371 bits per heavy atom. The molecule has 0 aliphatic heterocycles. The van der Waals surface area contributed by atoms with Crippen LogP contribution in [-0.4, -0.2) is 0 Å². The van der Waals surface area contributed by atoms with E-state index in [2.05, 4.69) is 226 Å². The van der Waals surface area contributed by atoms with Crippen LogP contribution >= 0.6 is 0 Å². The van der Waals surface area contributed by atoms with Crippen LogP contribution < -0.4 is 4.90 Å². The molecule has 0 N–H and O–H groups in total. The molecule has 13 rings (SSSR count).